The van der Waals surface area contributed by atoms with E-state index in [0.29, 0.717) is 0 Å². The molecule has 94 valence electrons. The topological polar surface area (TPSA) is 119 Å². The third-order valence-electron chi connectivity index (χ3n) is 2.54. The molecule has 0 radical (unpaired) electrons. The van der Waals surface area contributed by atoms with Gasteiger partial charge in [-0.2, -0.15) is 0 Å². The summed E-state index contributed by atoms with van der Waals surface area (Å²) < 4.78 is 5.16. The summed E-state index contributed by atoms with van der Waals surface area (Å²) >= 11 is 0. The smallest absolute Gasteiger partial charge is 0.216 e. The van der Waals surface area contributed by atoms with Crippen LogP contribution in [0.4, 0.5) is 0 Å². The SMILES string of the molecule is CC(=O)NC[C@H]1O[C@H](CO)[C@@H](O)[C@H](O)[C@H]1O. The quantitative estimate of drug-likeness (QED) is 0.355. The summed E-state index contributed by atoms with van der Waals surface area (Å²) in [6.07, 6.45) is -5.85. The number of rotatable bonds is 3. The Balaban J connectivity index is 2.60. The lowest BCUT2D eigenvalue weighted by Crippen LogP contribution is -2.60. The van der Waals surface area contributed by atoms with Gasteiger partial charge >= 0.3 is 0 Å². The maximum Gasteiger partial charge on any atom is 0.216 e. The fourth-order valence-corrected chi connectivity index (χ4v) is 1.59. The number of ether oxygens (including phenoxy) is 1. The van der Waals surface area contributed by atoms with Crippen molar-refractivity contribution >= 4 is 5.91 Å². The van der Waals surface area contributed by atoms with Gasteiger partial charge in [-0.3, -0.25) is 4.79 Å². The zero-order valence-electron chi connectivity index (χ0n) is 8.91. The molecule has 1 fully saturated rings. The Bertz CT molecular complexity index is 246. The van der Waals surface area contributed by atoms with Gasteiger partial charge in [-0.15, -0.1) is 0 Å². The number of hydrogen-bond acceptors (Lipinski definition) is 6. The molecule has 0 aliphatic carbocycles. The molecule has 1 rings (SSSR count). The van der Waals surface area contributed by atoms with Crippen molar-refractivity contribution in [1.82, 2.24) is 5.32 Å². The summed E-state index contributed by atoms with van der Waals surface area (Å²) in [5.41, 5.74) is 0. The van der Waals surface area contributed by atoms with Gasteiger partial charge in [0.05, 0.1) is 6.61 Å². The average molecular weight is 235 g/mol. The van der Waals surface area contributed by atoms with Crippen molar-refractivity contribution in [3.05, 3.63) is 0 Å². The van der Waals surface area contributed by atoms with Gasteiger partial charge in [-0.05, 0) is 0 Å². The molecule has 0 saturated carbocycles. The molecule has 5 N–H and O–H groups in total. The van der Waals surface area contributed by atoms with Gasteiger partial charge in [-0.25, -0.2) is 0 Å². The van der Waals surface area contributed by atoms with Crippen LogP contribution in [0.2, 0.25) is 0 Å². The first-order chi connectivity index (χ1) is 7.47. The number of amides is 1. The summed E-state index contributed by atoms with van der Waals surface area (Å²) in [4.78, 5) is 10.7. The van der Waals surface area contributed by atoms with Crippen molar-refractivity contribution < 1.29 is 30.0 Å². The van der Waals surface area contributed by atoms with Crippen LogP contribution in [-0.2, 0) is 9.53 Å². The number of carbonyl (C=O) groups excluding carboxylic acids is 1. The third kappa shape index (κ3) is 2.89. The molecule has 7 heteroatoms. The van der Waals surface area contributed by atoms with Crippen LogP contribution in [0.15, 0.2) is 0 Å². The Kier molecular flexibility index (Phi) is 4.63. The number of aliphatic hydroxyl groups is 4. The molecule has 1 heterocycles. The molecular formula is C9H17NO6. The molecule has 7 nitrogen and oxygen atoms in total. The highest BCUT2D eigenvalue weighted by molar-refractivity contribution is 5.72. The first-order valence-corrected chi connectivity index (χ1v) is 5.02. The van der Waals surface area contributed by atoms with Crippen LogP contribution in [0.5, 0.6) is 0 Å². The first-order valence-electron chi connectivity index (χ1n) is 5.02. The van der Waals surface area contributed by atoms with Crippen LogP contribution in [0.1, 0.15) is 6.92 Å². The molecule has 16 heavy (non-hydrogen) atoms. The fourth-order valence-electron chi connectivity index (χ4n) is 1.59. The lowest BCUT2D eigenvalue weighted by Gasteiger charge is -2.40. The van der Waals surface area contributed by atoms with E-state index in [1.165, 1.54) is 6.92 Å². The normalized spacial score (nSPS) is 39.4. The summed E-state index contributed by atoms with van der Waals surface area (Å²) in [7, 11) is 0. The van der Waals surface area contributed by atoms with E-state index in [0.717, 1.165) is 0 Å². The Morgan fingerprint density at radius 3 is 2.25 bits per heavy atom. The van der Waals surface area contributed by atoms with E-state index in [-0.39, 0.29) is 12.5 Å². The van der Waals surface area contributed by atoms with Crippen molar-refractivity contribution in [2.75, 3.05) is 13.2 Å². The van der Waals surface area contributed by atoms with Crippen LogP contribution in [0.3, 0.4) is 0 Å². The van der Waals surface area contributed by atoms with Gasteiger partial charge < -0.3 is 30.5 Å². The Labute approximate surface area is 92.7 Å². The van der Waals surface area contributed by atoms with Crippen molar-refractivity contribution in [1.29, 1.82) is 0 Å². The Morgan fingerprint density at radius 2 is 1.75 bits per heavy atom. The molecular weight excluding hydrogens is 218 g/mol. The molecule has 5 atom stereocenters. The fraction of sp³-hybridized carbons (Fsp3) is 0.889. The zero-order chi connectivity index (χ0) is 12.3. The monoisotopic (exact) mass is 235 g/mol. The lowest BCUT2D eigenvalue weighted by atomic mass is 9.95. The van der Waals surface area contributed by atoms with Crippen molar-refractivity contribution in [3.63, 3.8) is 0 Å². The summed E-state index contributed by atoms with van der Waals surface area (Å²) in [6, 6.07) is 0. The number of carbonyl (C=O) groups is 1. The minimum Gasteiger partial charge on any atom is -0.394 e. The van der Waals surface area contributed by atoms with Gasteiger partial charge in [0.25, 0.3) is 0 Å². The van der Waals surface area contributed by atoms with Crippen molar-refractivity contribution in [2.24, 2.45) is 0 Å². The van der Waals surface area contributed by atoms with Gasteiger partial charge in [0, 0.05) is 13.5 Å². The molecule has 1 amide bonds. The number of hydrogen-bond donors (Lipinski definition) is 5. The zero-order valence-corrected chi connectivity index (χ0v) is 8.91. The maximum absolute atomic E-state index is 10.7. The highest BCUT2D eigenvalue weighted by Crippen LogP contribution is 2.20. The molecule has 0 bridgehead atoms. The Morgan fingerprint density at radius 1 is 1.19 bits per heavy atom. The Hall–Kier alpha value is -0.730. The highest BCUT2D eigenvalue weighted by Gasteiger charge is 2.43. The molecule has 0 aromatic carbocycles. The van der Waals surface area contributed by atoms with Gasteiger partial charge in [-0.1, -0.05) is 0 Å². The van der Waals surface area contributed by atoms with Crippen molar-refractivity contribution in [3.8, 4) is 0 Å². The standard InChI is InChI=1S/C9H17NO6/c1-4(12)10-2-5-7(13)9(15)8(14)6(3-11)16-5/h5-9,11,13-15H,2-3H2,1H3,(H,10,12)/t5-,6-,7+,8-,9-/m1/s1. The number of nitrogens with one attached hydrogen (secondary N) is 1. The number of aliphatic hydroxyl groups excluding tert-OH is 4. The van der Waals surface area contributed by atoms with Gasteiger partial charge in [0.15, 0.2) is 0 Å². The molecule has 1 aliphatic heterocycles. The van der Waals surface area contributed by atoms with Crippen LogP contribution in [0, 0.1) is 0 Å². The molecule has 1 saturated heterocycles. The van der Waals surface area contributed by atoms with E-state index in [4.69, 9.17) is 9.84 Å². The second-order valence-electron chi connectivity index (χ2n) is 3.80. The van der Waals surface area contributed by atoms with Crippen LogP contribution in [0.25, 0.3) is 0 Å². The largest absolute Gasteiger partial charge is 0.394 e. The van der Waals surface area contributed by atoms with Crippen molar-refractivity contribution in [2.45, 2.75) is 37.4 Å². The van der Waals surface area contributed by atoms with Gasteiger partial charge in [0.1, 0.15) is 30.5 Å². The summed E-state index contributed by atoms with van der Waals surface area (Å²) in [5.74, 6) is -0.294. The highest BCUT2D eigenvalue weighted by atomic mass is 16.5. The molecule has 0 spiro atoms. The first kappa shape index (κ1) is 13.3. The predicted molar refractivity (Wildman–Crippen MR) is 52.5 cm³/mol. The molecule has 0 unspecified atom stereocenters. The second kappa shape index (κ2) is 5.55. The average Bonchev–Trinajstić information content (AvgIpc) is 2.25. The maximum atomic E-state index is 10.7. The van der Waals surface area contributed by atoms with E-state index in [9.17, 15) is 20.1 Å². The van der Waals surface area contributed by atoms with Crippen LogP contribution >= 0.6 is 0 Å². The van der Waals surface area contributed by atoms with Crippen LogP contribution in [-0.4, -0.2) is 70.0 Å². The minimum atomic E-state index is -1.40. The van der Waals surface area contributed by atoms with E-state index in [1.807, 2.05) is 0 Å². The lowest BCUT2D eigenvalue weighted by molar-refractivity contribution is -0.227. The minimum absolute atomic E-state index is 0.0107. The molecule has 1 aliphatic rings. The van der Waals surface area contributed by atoms with Gasteiger partial charge in [0.2, 0.25) is 5.91 Å². The summed E-state index contributed by atoms with van der Waals surface area (Å²) in [6.45, 7) is 0.850. The predicted octanol–water partition coefficient (Wildman–Crippen LogP) is -3.04. The van der Waals surface area contributed by atoms with E-state index >= 15 is 0 Å². The van der Waals surface area contributed by atoms with Crippen LogP contribution < -0.4 is 5.32 Å². The van der Waals surface area contributed by atoms with E-state index in [2.05, 4.69) is 5.32 Å². The van der Waals surface area contributed by atoms with E-state index in [1.54, 1.807) is 0 Å². The summed E-state index contributed by atoms with van der Waals surface area (Å²) in [5, 5.41) is 39.8. The second-order valence-corrected chi connectivity index (χ2v) is 3.80. The van der Waals surface area contributed by atoms with E-state index < -0.39 is 37.1 Å². The molecule has 0 aromatic heterocycles. The molecule has 0 aromatic rings. The third-order valence-corrected chi connectivity index (χ3v) is 2.54.